The van der Waals surface area contributed by atoms with Crippen LogP contribution in [0.3, 0.4) is 0 Å². The summed E-state index contributed by atoms with van der Waals surface area (Å²) in [6.45, 7) is 0.696. The third-order valence-electron chi connectivity index (χ3n) is 4.69. The van der Waals surface area contributed by atoms with Gasteiger partial charge in [0.2, 0.25) is 12.3 Å². The predicted molar refractivity (Wildman–Crippen MR) is 102 cm³/mol. The van der Waals surface area contributed by atoms with Crippen molar-refractivity contribution in [3.63, 3.8) is 0 Å². The van der Waals surface area contributed by atoms with Crippen molar-refractivity contribution in [2.75, 3.05) is 10.6 Å². The maximum absolute atomic E-state index is 12.5. The summed E-state index contributed by atoms with van der Waals surface area (Å²) < 4.78 is 0. The van der Waals surface area contributed by atoms with Crippen LogP contribution in [0.4, 0.5) is 11.4 Å². The lowest BCUT2D eigenvalue weighted by molar-refractivity contribution is -0.121. The molecule has 1 aromatic heterocycles. The van der Waals surface area contributed by atoms with Crippen LogP contribution >= 0.6 is 0 Å². The molecule has 6 heteroatoms. The van der Waals surface area contributed by atoms with E-state index in [0.29, 0.717) is 18.7 Å². The number of benzene rings is 1. The minimum absolute atomic E-state index is 0.00981. The molecule has 0 saturated heterocycles. The molecule has 1 aliphatic carbocycles. The Morgan fingerprint density at radius 3 is 2.77 bits per heavy atom. The molecule has 0 spiro atoms. The fourth-order valence-electron chi connectivity index (χ4n) is 3.32. The lowest BCUT2D eigenvalue weighted by Gasteiger charge is -2.27. The number of anilines is 2. The molecule has 0 bridgehead atoms. The molecule has 1 saturated carbocycles. The summed E-state index contributed by atoms with van der Waals surface area (Å²) in [5, 5.41) is 9.06. The highest BCUT2D eigenvalue weighted by Gasteiger charge is 2.27. The number of aromatic nitrogens is 1. The van der Waals surface area contributed by atoms with Crippen molar-refractivity contribution in [2.24, 2.45) is 5.92 Å². The number of hydrogen-bond donors (Lipinski definition) is 3. The van der Waals surface area contributed by atoms with Crippen LogP contribution in [-0.4, -0.2) is 23.3 Å². The first-order valence-electron chi connectivity index (χ1n) is 8.98. The highest BCUT2D eigenvalue weighted by Crippen LogP contribution is 2.26. The fraction of sp³-hybridized carbons (Fsp3) is 0.350. The molecule has 1 heterocycles. The Morgan fingerprint density at radius 1 is 1.15 bits per heavy atom. The van der Waals surface area contributed by atoms with E-state index in [2.05, 4.69) is 33.1 Å². The second-order valence-electron chi connectivity index (χ2n) is 6.64. The largest absolute Gasteiger partial charge is 0.380 e. The molecule has 0 radical (unpaired) electrons. The normalized spacial score (nSPS) is 19.4. The summed E-state index contributed by atoms with van der Waals surface area (Å²) in [5.41, 5.74) is 2.71. The van der Waals surface area contributed by atoms with E-state index in [9.17, 15) is 9.59 Å². The van der Waals surface area contributed by atoms with Crippen molar-refractivity contribution < 1.29 is 9.59 Å². The number of carbonyl (C=O) groups excluding carboxylic acids is 2. The van der Waals surface area contributed by atoms with Gasteiger partial charge in [-0.2, -0.15) is 0 Å². The molecule has 2 aromatic rings. The van der Waals surface area contributed by atoms with Crippen LogP contribution in [0.25, 0.3) is 0 Å². The van der Waals surface area contributed by atoms with Gasteiger partial charge in [0.25, 0.3) is 0 Å². The van der Waals surface area contributed by atoms with Gasteiger partial charge in [-0.1, -0.05) is 36.8 Å². The Labute approximate surface area is 153 Å². The van der Waals surface area contributed by atoms with E-state index in [4.69, 9.17) is 0 Å². The third kappa shape index (κ3) is 5.05. The Hall–Kier alpha value is -2.89. The Morgan fingerprint density at radius 2 is 1.96 bits per heavy atom. The SMILES string of the molecule is O=CNC1CCCC(C(=O)Nc2cncc(NCc3ccccc3)c2)C1. The molecule has 1 aliphatic rings. The van der Waals surface area contributed by atoms with Gasteiger partial charge < -0.3 is 16.0 Å². The van der Waals surface area contributed by atoms with E-state index in [-0.39, 0.29) is 17.9 Å². The summed E-state index contributed by atoms with van der Waals surface area (Å²) in [5.74, 6) is -0.0912. The van der Waals surface area contributed by atoms with E-state index >= 15 is 0 Å². The van der Waals surface area contributed by atoms with Crippen molar-refractivity contribution in [2.45, 2.75) is 38.3 Å². The van der Waals surface area contributed by atoms with Crippen LogP contribution in [0.15, 0.2) is 48.8 Å². The van der Waals surface area contributed by atoms with Gasteiger partial charge in [0, 0.05) is 18.5 Å². The number of hydrogen-bond acceptors (Lipinski definition) is 4. The quantitative estimate of drug-likeness (QED) is 0.669. The Balaban J connectivity index is 1.56. The lowest BCUT2D eigenvalue weighted by atomic mass is 9.85. The van der Waals surface area contributed by atoms with Crippen molar-refractivity contribution in [3.8, 4) is 0 Å². The van der Waals surface area contributed by atoms with Crippen LogP contribution in [0.5, 0.6) is 0 Å². The highest BCUT2D eigenvalue weighted by atomic mass is 16.2. The van der Waals surface area contributed by atoms with Gasteiger partial charge in [-0.25, -0.2) is 0 Å². The third-order valence-corrected chi connectivity index (χ3v) is 4.69. The number of nitrogens with zero attached hydrogens (tertiary/aromatic N) is 1. The predicted octanol–water partition coefficient (Wildman–Crippen LogP) is 2.94. The zero-order valence-corrected chi connectivity index (χ0v) is 14.7. The van der Waals surface area contributed by atoms with Gasteiger partial charge in [-0.15, -0.1) is 0 Å². The standard InChI is InChI=1S/C20H24N4O2/c25-14-23-17-8-4-7-16(9-17)20(26)24-19-10-18(12-21-13-19)22-11-15-5-2-1-3-6-15/h1-3,5-6,10,12-14,16-17,22H,4,7-9,11H2,(H,23,25)(H,24,26). The number of pyridine rings is 1. The Kier molecular flexibility index (Phi) is 6.19. The molecule has 6 nitrogen and oxygen atoms in total. The molecule has 136 valence electrons. The minimum Gasteiger partial charge on any atom is -0.380 e. The van der Waals surface area contributed by atoms with E-state index in [1.54, 1.807) is 12.4 Å². The van der Waals surface area contributed by atoms with Gasteiger partial charge in [0.1, 0.15) is 0 Å². The Bertz CT molecular complexity index is 736. The van der Waals surface area contributed by atoms with Crippen LogP contribution in [0.1, 0.15) is 31.2 Å². The number of nitrogens with one attached hydrogen (secondary N) is 3. The molecule has 3 N–H and O–H groups in total. The van der Waals surface area contributed by atoms with Gasteiger partial charge in [-0.05, 0) is 30.9 Å². The summed E-state index contributed by atoms with van der Waals surface area (Å²) in [6, 6.07) is 12.1. The summed E-state index contributed by atoms with van der Waals surface area (Å²) in [7, 11) is 0. The van der Waals surface area contributed by atoms with E-state index in [0.717, 1.165) is 31.4 Å². The summed E-state index contributed by atoms with van der Waals surface area (Å²) in [4.78, 5) is 27.4. The average Bonchev–Trinajstić information content (AvgIpc) is 2.68. The molecule has 0 aliphatic heterocycles. The van der Waals surface area contributed by atoms with Gasteiger partial charge >= 0.3 is 0 Å². The maximum atomic E-state index is 12.5. The zero-order chi connectivity index (χ0) is 18.2. The molecule has 3 rings (SSSR count). The van der Waals surface area contributed by atoms with Crippen molar-refractivity contribution in [1.82, 2.24) is 10.3 Å². The molecule has 1 fully saturated rings. The van der Waals surface area contributed by atoms with Gasteiger partial charge in [0.15, 0.2) is 0 Å². The van der Waals surface area contributed by atoms with E-state index in [1.807, 2.05) is 24.3 Å². The maximum Gasteiger partial charge on any atom is 0.227 e. The second-order valence-corrected chi connectivity index (χ2v) is 6.64. The fourth-order valence-corrected chi connectivity index (χ4v) is 3.32. The summed E-state index contributed by atoms with van der Waals surface area (Å²) >= 11 is 0. The van der Waals surface area contributed by atoms with Crippen molar-refractivity contribution in [1.29, 1.82) is 0 Å². The molecule has 26 heavy (non-hydrogen) atoms. The first-order valence-corrected chi connectivity index (χ1v) is 8.98. The first-order chi connectivity index (χ1) is 12.7. The van der Waals surface area contributed by atoms with Crippen LogP contribution in [-0.2, 0) is 16.1 Å². The number of carbonyl (C=O) groups is 2. The monoisotopic (exact) mass is 352 g/mol. The second kappa shape index (κ2) is 8.99. The lowest BCUT2D eigenvalue weighted by Crippen LogP contribution is -2.37. The molecule has 2 amide bonds. The van der Waals surface area contributed by atoms with Gasteiger partial charge in [-0.3, -0.25) is 14.6 Å². The molecular formula is C20H24N4O2. The smallest absolute Gasteiger partial charge is 0.227 e. The molecule has 1 aromatic carbocycles. The zero-order valence-electron chi connectivity index (χ0n) is 14.7. The molecular weight excluding hydrogens is 328 g/mol. The average molecular weight is 352 g/mol. The topological polar surface area (TPSA) is 83.1 Å². The number of rotatable bonds is 7. The van der Waals surface area contributed by atoms with Gasteiger partial charge in [0.05, 0.1) is 23.8 Å². The van der Waals surface area contributed by atoms with E-state index < -0.39 is 0 Å². The summed E-state index contributed by atoms with van der Waals surface area (Å²) in [6.07, 6.45) is 7.52. The van der Waals surface area contributed by atoms with Crippen LogP contribution in [0.2, 0.25) is 0 Å². The van der Waals surface area contributed by atoms with Crippen molar-refractivity contribution >= 4 is 23.7 Å². The van der Waals surface area contributed by atoms with Crippen LogP contribution in [0, 0.1) is 5.92 Å². The molecule has 2 atom stereocenters. The minimum atomic E-state index is -0.0814. The molecule has 2 unspecified atom stereocenters. The van der Waals surface area contributed by atoms with Crippen molar-refractivity contribution in [3.05, 3.63) is 54.4 Å². The van der Waals surface area contributed by atoms with E-state index in [1.165, 1.54) is 5.56 Å². The number of amides is 2. The first kappa shape index (κ1) is 17.9. The highest BCUT2D eigenvalue weighted by molar-refractivity contribution is 5.92. The van der Waals surface area contributed by atoms with Crippen LogP contribution < -0.4 is 16.0 Å².